The van der Waals surface area contributed by atoms with Crippen LogP contribution in [0.2, 0.25) is 0 Å². The number of hydrogen-bond donors (Lipinski definition) is 4. The molecule has 0 amide bonds. The van der Waals surface area contributed by atoms with Crippen LogP contribution in [0.15, 0.2) is 62.8 Å². The van der Waals surface area contributed by atoms with Gasteiger partial charge in [0, 0.05) is 61.9 Å². The van der Waals surface area contributed by atoms with E-state index in [0.29, 0.717) is 22.5 Å². The number of aryl methyl sites for hydroxylation is 1. The van der Waals surface area contributed by atoms with E-state index < -0.39 is 48.3 Å². The molecule has 1 aromatic rings. The van der Waals surface area contributed by atoms with Gasteiger partial charge in [-0.15, -0.1) is 0 Å². The van der Waals surface area contributed by atoms with Gasteiger partial charge in [-0.1, -0.05) is 32.4 Å². The summed E-state index contributed by atoms with van der Waals surface area (Å²) in [5, 5.41) is 42.9. The van der Waals surface area contributed by atoms with E-state index in [1.54, 1.807) is 35.8 Å². The van der Waals surface area contributed by atoms with Crippen molar-refractivity contribution >= 4 is 35.3 Å². The maximum absolute atomic E-state index is 11.6. The second-order valence-corrected chi connectivity index (χ2v) is 10.1. The van der Waals surface area contributed by atoms with E-state index in [1.165, 1.54) is 0 Å². The van der Waals surface area contributed by atoms with Crippen LogP contribution in [0.1, 0.15) is 11.1 Å². The number of hydrogen-bond acceptors (Lipinski definition) is 14. The molecule has 1 aromatic carbocycles. The Labute approximate surface area is 268 Å². The van der Waals surface area contributed by atoms with Gasteiger partial charge in [0.15, 0.2) is 0 Å². The molecule has 254 valence electrons. The highest BCUT2D eigenvalue weighted by molar-refractivity contribution is 5.82. The highest BCUT2D eigenvalue weighted by Gasteiger charge is 2.26. The molecule has 1 rings (SSSR count). The number of rotatable bonds is 22. The first-order valence-electron chi connectivity index (χ1n) is 14.2. The van der Waals surface area contributed by atoms with E-state index in [9.17, 15) is 39.6 Å². The first kappa shape index (κ1) is 39.5. The maximum Gasteiger partial charge on any atom is 0.330 e. The van der Waals surface area contributed by atoms with Gasteiger partial charge in [-0.25, -0.2) is 19.2 Å². The standard InChI is InChI=1S/C32H44N2O12/c1-7-28(39)43-17-23(35)13-33(14-24(36)18-44-29(40)8-2)27-12-11-21(5)32(22(27)6)34(15-25(37)19-45-30(41)9-3)16-26(38)20-46-31(42)10-4/h7-12,23-26,35-38H,1-4,13-20H2,5-6H3. The fraction of sp³-hybridized carbons (Fsp3) is 0.438. The number of carbonyl (C=O) groups is 4. The fourth-order valence-corrected chi connectivity index (χ4v) is 4.36. The Morgan fingerprint density at radius 3 is 1.22 bits per heavy atom. The third kappa shape index (κ3) is 14.1. The Bertz CT molecular complexity index is 1170. The van der Waals surface area contributed by atoms with Crippen LogP contribution in [0, 0.1) is 13.8 Å². The molecule has 0 aliphatic heterocycles. The first-order valence-corrected chi connectivity index (χ1v) is 14.2. The van der Waals surface area contributed by atoms with Gasteiger partial charge in [0.2, 0.25) is 0 Å². The quantitative estimate of drug-likeness (QED) is 0.0761. The minimum absolute atomic E-state index is 0.137. The van der Waals surface area contributed by atoms with Crippen LogP contribution in [-0.2, 0) is 38.1 Å². The van der Waals surface area contributed by atoms with E-state index >= 15 is 0 Å². The van der Waals surface area contributed by atoms with Gasteiger partial charge in [0.05, 0.1) is 0 Å². The molecule has 4 N–H and O–H groups in total. The molecule has 0 aliphatic carbocycles. The van der Waals surface area contributed by atoms with Crippen LogP contribution < -0.4 is 9.80 Å². The van der Waals surface area contributed by atoms with Gasteiger partial charge in [-0.3, -0.25) is 0 Å². The molecule has 14 heteroatoms. The summed E-state index contributed by atoms with van der Waals surface area (Å²) < 4.78 is 19.9. The lowest BCUT2D eigenvalue weighted by atomic mass is 10.0. The van der Waals surface area contributed by atoms with Gasteiger partial charge in [-0.05, 0) is 31.0 Å². The molecule has 0 aromatic heterocycles. The second kappa shape index (κ2) is 20.5. The Hall–Kier alpha value is -4.50. The Balaban J connectivity index is 3.51. The highest BCUT2D eigenvalue weighted by Crippen LogP contribution is 2.34. The van der Waals surface area contributed by atoms with E-state index in [-0.39, 0.29) is 52.6 Å². The van der Waals surface area contributed by atoms with Crippen molar-refractivity contribution in [2.24, 2.45) is 0 Å². The lowest BCUT2D eigenvalue weighted by molar-refractivity contribution is -0.141. The van der Waals surface area contributed by atoms with E-state index in [4.69, 9.17) is 18.9 Å². The molecule has 4 unspecified atom stereocenters. The molecule has 0 heterocycles. The minimum atomic E-state index is -1.21. The van der Waals surface area contributed by atoms with Crippen LogP contribution >= 0.6 is 0 Å². The number of aliphatic hydroxyl groups is 4. The minimum Gasteiger partial charge on any atom is -0.460 e. The Morgan fingerprint density at radius 2 is 0.913 bits per heavy atom. The summed E-state index contributed by atoms with van der Waals surface area (Å²) in [6, 6.07) is 3.46. The predicted octanol–water partition coefficient (Wildman–Crippen LogP) is 0.277. The zero-order valence-corrected chi connectivity index (χ0v) is 26.2. The van der Waals surface area contributed by atoms with Crippen molar-refractivity contribution < 1.29 is 58.6 Å². The first-order chi connectivity index (χ1) is 21.8. The lowest BCUT2D eigenvalue weighted by Crippen LogP contribution is -2.43. The van der Waals surface area contributed by atoms with Crippen LogP contribution in [0.5, 0.6) is 0 Å². The number of ether oxygens (including phenoxy) is 4. The van der Waals surface area contributed by atoms with Crippen LogP contribution in [-0.4, -0.2) is 121 Å². The average Bonchev–Trinajstić information content (AvgIpc) is 3.03. The van der Waals surface area contributed by atoms with Crippen LogP contribution in [0.4, 0.5) is 11.4 Å². The molecule has 0 radical (unpaired) electrons. The van der Waals surface area contributed by atoms with Gasteiger partial charge >= 0.3 is 23.9 Å². The zero-order valence-electron chi connectivity index (χ0n) is 26.2. The summed E-state index contributed by atoms with van der Waals surface area (Å²) in [5.74, 6) is -2.94. The summed E-state index contributed by atoms with van der Waals surface area (Å²) in [7, 11) is 0. The third-order valence-electron chi connectivity index (χ3n) is 6.32. The summed E-state index contributed by atoms with van der Waals surface area (Å²) in [6.45, 7) is 14.7. The van der Waals surface area contributed by atoms with E-state index in [0.717, 1.165) is 24.3 Å². The summed E-state index contributed by atoms with van der Waals surface area (Å²) in [4.78, 5) is 49.4. The van der Waals surface area contributed by atoms with Crippen molar-refractivity contribution in [3.63, 3.8) is 0 Å². The lowest BCUT2D eigenvalue weighted by Gasteiger charge is -2.35. The van der Waals surface area contributed by atoms with Crippen LogP contribution in [0.25, 0.3) is 0 Å². The molecule has 0 saturated heterocycles. The maximum atomic E-state index is 11.6. The normalized spacial score (nSPS) is 13.2. The summed E-state index contributed by atoms with van der Waals surface area (Å²) in [5.41, 5.74) is 2.31. The summed E-state index contributed by atoms with van der Waals surface area (Å²) in [6.07, 6.45) is -1.05. The molecule has 0 aliphatic rings. The smallest absolute Gasteiger partial charge is 0.330 e. The number of esters is 4. The largest absolute Gasteiger partial charge is 0.460 e. The van der Waals surface area contributed by atoms with Gasteiger partial charge in [0.25, 0.3) is 0 Å². The van der Waals surface area contributed by atoms with Crippen molar-refractivity contribution in [2.75, 3.05) is 62.4 Å². The van der Waals surface area contributed by atoms with Gasteiger partial charge in [-0.2, -0.15) is 0 Å². The Morgan fingerprint density at radius 1 is 0.609 bits per heavy atom. The highest BCUT2D eigenvalue weighted by atomic mass is 16.6. The van der Waals surface area contributed by atoms with Crippen molar-refractivity contribution in [3.05, 3.63) is 73.9 Å². The topological polar surface area (TPSA) is 193 Å². The fourth-order valence-electron chi connectivity index (χ4n) is 4.36. The molecular weight excluding hydrogens is 604 g/mol. The summed E-state index contributed by atoms with van der Waals surface area (Å²) >= 11 is 0. The van der Waals surface area contributed by atoms with Crippen molar-refractivity contribution in [3.8, 4) is 0 Å². The predicted molar refractivity (Wildman–Crippen MR) is 169 cm³/mol. The molecule has 0 fully saturated rings. The average molecular weight is 649 g/mol. The number of nitrogens with zero attached hydrogens (tertiary/aromatic N) is 2. The monoisotopic (exact) mass is 648 g/mol. The molecule has 46 heavy (non-hydrogen) atoms. The Kier molecular flexibility index (Phi) is 17.6. The second-order valence-electron chi connectivity index (χ2n) is 10.1. The molecular formula is C32H44N2O12. The third-order valence-corrected chi connectivity index (χ3v) is 6.32. The van der Waals surface area contributed by atoms with Crippen molar-refractivity contribution in [1.82, 2.24) is 0 Å². The molecule has 0 saturated carbocycles. The molecule has 4 atom stereocenters. The van der Waals surface area contributed by atoms with E-state index in [1.807, 2.05) is 0 Å². The molecule has 0 spiro atoms. The number of benzene rings is 1. The van der Waals surface area contributed by atoms with Crippen molar-refractivity contribution in [2.45, 2.75) is 38.3 Å². The number of anilines is 2. The van der Waals surface area contributed by atoms with Gasteiger partial charge < -0.3 is 49.2 Å². The number of carbonyl (C=O) groups excluding carboxylic acids is 4. The van der Waals surface area contributed by atoms with Crippen molar-refractivity contribution in [1.29, 1.82) is 0 Å². The molecule has 14 nitrogen and oxygen atoms in total. The van der Waals surface area contributed by atoms with Gasteiger partial charge in [0.1, 0.15) is 50.8 Å². The SMILES string of the molecule is C=CC(=O)OCC(O)CN(CC(O)COC(=O)C=C)c1ccc(C)c(N(CC(O)COC(=O)C=C)CC(O)COC(=O)C=C)c1C. The number of aliphatic hydroxyl groups excluding tert-OH is 4. The van der Waals surface area contributed by atoms with Crippen LogP contribution in [0.3, 0.4) is 0 Å². The van der Waals surface area contributed by atoms with E-state index in [2.05, 4.69) is 26.3 Å². The molecule has 0 bridgehead atoms. The zero-order chi connectivity index (χ0) is 34.8.